The number of hydrogen-bond donors (Lipinski definition) is 2. The van der Waals surface area contributed by atoms with Crippen LogP contribution in [-0.4, -0.2) is 41.2 Å². The van der Waals surface area contributed by atoms with E-state index in [-0.39, 0.29) is 15.7 Å². The quantitative estimate of drug-likeness (QED) is 0.736. The van der Waals surface area contributed by atoms with Crippen LogP contribution in [0.5, 0.6) is 0 Å². The number of carbonyl (C=O) groups excluding carboxylic acids is 2. The van der Waals surface area contributed by atoms with Gasteiger partial charge in [0, 0.05) is 6.20 Å². The summed E-state index contributed by atoms with van der Waals surface area (Å²) in [6.07, 6.45) is 1.27. The fourth-order valence-corrected chi connectivity index (χ4v) is 4.21. The van der Waals surface area contributed by atoms with E-state index >= 15 is 0 Å². The number of fused-ring (bicyclic) bond motifs is 1. The van der Waals surface area contributed by atoms with E-state index in [9.17, 15) is 26.8 Å². The number of carbonyl (C=O) groups is 2. The zero-order chi connectivity index (χ0) is 22.2. The summed E-state index contributed by atoms with van der Waals surface area (Å²) in [7, 11) is -4.82. The van der Waals surface area contributed by atoms with Gasteiger partial charge in [-0.3, -0.25) is 4.79 Å². The first-order chi connectivity index (χ1) is 14.1. The summed E-state index contributed by atoms with van der Waals surface area (Å²) in [5.41, 5.74) is 0.211. The van der Waals surface area contributed by atoms with Crippen molar-refractivity contribution >= 4 is 27.6 Å². The largest absolute Gasteiger partial charge is 0.345 e. The van der Waals surface area contributed by atoms with Crippen molar-refractivity contribution in [2.24, 2.45) is 0 Å². The number of sulfonamides is 1. The summed E-state index contributed by atoms with van der Waals surface area (Å²) >= 11 is 0. The number of hydrogen-bond acceptors (Lipinski definition) is 7. The number of amides is 3. The maximum atomic E-state index is 14.1. The second-order valence-corrected chi connectivity index (χ2v) is 8.11. The Morgan fingerprint density at radius 3 is 2.73 bits per heavy atom. The maximum absolute atomic E-state index is 14.1. The number of rotatable bonds is 4. The summed E-state index contributed by atoms with van der Waals surface area (Å²) in [4.78, 5) is 31.5. The van der Waals surface area contributed by atoms with Crippen molar-refractivity contribution in [3.8, 4) is 6.07 Å². The summed E-state index contributed by atoms with van der Waals surface area (Å²) in [6, 6.07) is 1.50. The molecule has 3 amide bonds. The van der Waals surface area contributed by atoms with Gasteiger partial charge in [-0.25, -0.2) is 36.3 Å². The van der Waals surface area contributed by atoms with Crippen LogP contribution < -0.4 is 10.6 Å². The average molecular weight is 436 g/mol. The van der Waals surface area contributed by atoms with Gasteiger partial charge in [0.15, 0.2) is 17.5 Å². The van der Waals surface area contributed by atoms with Gasteiger partial charge in [0.25, 0.3) is 10.0 Å². The minimum Gasteiger partial charge on any atom is -0.345 e. The first-order valence-electron chi connectivity index (χ1n) is 8.41. The highest BCUT2D eigenvalue weighted by Crippen LogP contribution is 2.33. The first-order valence-corrected chi connectivity index (χ1v) is 9.85. The third-order valence-electron chi connectivity index (χ3n) is 4.24. The molecule has 10 nitrogen and oxygen atoms in total. The van der Waals surface area contributed by atoms with Crippen molar-refractivity contribution in [1.29, 1.82) is 5.26 Å². The topological polar surface area (TPSA) is 145 Å². The van der Waals surface area contributed by atoms with Crippen LogP contribution in [0.4, 0.5) is 19.3 Å². The van der Waals surface area contributed by atoms with E-state index in [4.69, 9.17) is 5.26 Å². The smallest absolute Gasteiger partial charge is 0.336 e. The van der Waals surface area contributed by atoms with Crippen molar-refractivity contribution in [1.82, 2.24) is 19.6 Å². The summed E-state index contributed by atoms with van der Waals surface area (Å²) in [5, 5.41) is 13.4. The Kier molecular flexibility index (Phi) is 5.36. The molecule has 3 rings (SSSR count). The van der Waals surface area contributed by atoms with Crippen LogP contribution >= 0.6 is 0 Å². The molecule has 13 heteroatoms. The van der Waals surface area contributed by atoms with Gasteiger partial charge in [0.2, 0.25) is 5.91 Å². The van der Waals surface area contributed by atoms with Gasteiger partial charge in [0.05, 0.1) is 23.0 Å². The summed E-state index contributed by atoms with van der Waals surface area (Å²) in [6.45, 7) is 2.10. The highest BCUT2D eigenvalue weighted by molar-refractivity contribution is 7.90. The van der Waals surface area contributed by atoms with Crippen LogP contribution in [0.15, 0.2) is 23.2 Å². The molecule has 1 aliphatic rings. The number of anilines is 1. The van der Waals surface area contributed by atoms with Crippen molar-refractivity contribution in [3.05, 3.63) is 47.0 Å². The molecule has 0 saturated heterocycles. The highest BCUT2D eigenvalue weighted by atomic mass is 32.2. The minimum atomic E-state index is -4.82. The lowest BCUT2D eigenvalue weighted by molar-refractivity contribution is -0.121. The van der Waals surface area contributed by atoms with E-state index in [0.717, 1.165) is 6.07 Å². The number of nitrogens with zero attached hydrogens (tertiary/aromatic N) is 4. The highest BCUT2D eigenvalue weighted by Gasteiger charge is 2.41. The Morgan fingerprint density at radius 2 is 2.10 bits per heavy atom. The van der Waals surface area contributed by atoms with Gasteiger partial charge in [-0.2, -0.15) is 5.26 Å². The second-order valence-electron chi connectivity index (χ2n) is 6.31. The third kappa shape index (κ3) is 3.64. The van der Waals surface area contributed by atoms with Gasteiger partial charge in [-0.05, 0) is 26.0 Å². The van der Waals surface area contributed by atoms with Crippen LogP contribution in [-0.2, 0) is 14.8 Å². The van der Waals surface area contributed by atoms with E-state index in [2.05, 4.69) is 20.6 Å². The molecule has 0 spiro atoms. The maximum Gasteiger partial charge on any atom is 0.336 e. The van der Waals surface area contributed by atoms with Crippen LogP contribution in [0, 0.1) is 29.9 Å². The van der Waals surface area contributed by atoms with E-state index in [1.807, 2.05) is 6.07 Å². The van der Waals surface area contributed by atoms with Gasteiger partial charge in [-0.1, -0.05) is 0 Å². The summed E-state index contributed by atoms with van der Waals surface area (Å²) < 4.78 is 52.9. The molecule has 30 heavy (non-hydrogen) atoms. The first kappa shape index (κ1) is 21.1. The summed E-state index contributed by atoms with van der Waals surface area (Å²) in [5.74, 6) is -3.83. The molecule has 0 aliphatic carbocycles. The standard InChI is InChI=1S/C17H14F2N6O4S/c1-8-10(5-20)6-21-16(23-8)9(2)22-13(26)7-25-17(27)24-12-4-3-11(18)14(19)15(12)30(25,28)29/h3-4,6,9H,7H2,1-2H3,(H,22,26)(H,24,27)/t9-/m1/s1. The Labute approximate surface area is 169 Å². The Balaban J connectivity index is 1.81. The molecule has 1 aromatic carbocycles. The average Bonchev–Trinajstić information content (AvgIpc) is 2.67. The Hall–Kier alpha value is -3.66. The van der Waals surface area contributed by atoms with Gasteiger partial charge < -0.3 is 10.6 Å². The lowest BCUT2D eigenvalue weighted by atomic mass is 10.2. The predicted molar refractivity (Wildman–Crippen MR) is 97.3 cm³/mol. The van der Waals surface area contributed by atoms with E-state index in [1.165, 1.54) is 13.1 Å². The molecule has 0 bridgehead atoms. The lowest BCUT2D eigenvalue weighted by Crippen LogP contribution is -2.49. The predicted octanol–water partition coefficient (Wildman–Crippen LogP) is 1.35. The van der Waals surface area contributed by atoms with E-state index < -0.39 is 56.8 Å². The second kappa shape index (κ2) is 7.64. The zero-order valence-corrected chi connectivity index (χ0v) is 16.4. The monoisotopic (exact) mass is 436 g/mol. The number of nitriles is 1. The van der Waals surface area contributed by atoms with Crippen LogP contribution in [0.25, 0.3) is 0 Å². The number of benzene rings is 1. The molecular formula is C17H14F2N6O4S. The van der Waals surface area contributed by atoms with Crippen molar-refractivity contribution in [2.75, 3.05) is 11.9 Å². The molecule has 1 aromatic heterocycles. The zero-order valence-electron chi connectivity index (χ0n) is 15.6. The molecule has 2 heterocycles. The van der Waals surface area contributed by atoms with E-state index in [0.29, 0.717) is 11.8 Å². The van der Waals surface area contributed by atoms with Crippen molar-refractivity contribution < 1.29 is 26.8 Å². The molecule has 1 atom stereocenters. The number of aryl methyl sites for hydroxylation is 1. The van der Waals surface area contributed by atoms with Gasteiger partial charge >= 0.3 is 6.03 Å². The van der Waals surface area contributed by atoms with Gasteiger partial charge in [0.1, 0.15) is 17.5 Å². The van der Waals surface area contributed by atoms with E-state index in [1.54, 1.807) is 6.92 Å². The van der Waals surface area contributed by atoms with Crippen molar-refractivity contribution in [2.45, 2.75) is 24.8 Å². The van der Waals surface area contributed by atoms with Crippen LogP contribution in [0.3, 0.4) is 0 Å². The SMILES string of the molecule is Cc1nc([C@@H](C)NC(=O)CN2C(=O)Nc3ccc(F)c(F)c3S2(=O)=O)ncc1C#N. The number of aromatic nitrogens is 2. The molecule has 2 aromatic rings. The lowest BCUT2D eigenvalue weighted by Gasteiger charge is -2.28. The molecule has 156 valence electrons. The molecular weight excluding hydrogens is 422 g/mol. The van der Waals surface area contributed by atoms with Crippen LogP contribution in [0.2, 0.25) is 0 Å². The number of halogens is 2. The van der Waals surface area contributed by atoms with Crippen LogP contribution in [0.1, 0.15) is 30.0 Å². The molecule has 0 fully saturated rings. The fourth-order valence-electron chi connectivity index (χ4n) is 2.72. The molecule has 2 N–H and O–H groups in total. The normalized spacial score (nSPS) is 15.6. The van der Waals surface area contributed by atoms with Crippen molar-refractivity contribution in [3.63, 3.8) is 0 Å². The van der Waals surface area contributed by atoms with Gasteiger partial charge in [-0.15, -0.1) is 0 Å². The number of urea groups is 1. The molecule has 0 unspecified atom stereocenters. The molecule has 0 radical (unpaired) electrons. The Bertz CT molecular complexity index is 1210. The fraction of sp³-hybridized carbons (Fsp3) is 0.235. The third-order valence-corrected chi connectivity index (χ3v) is 6.03. The minimum absolute atomic E-state index is 0.102. The number of nitrogens with one attached hydrogen (secondary N) is 2. The molecule has 0 saturated carbocycles. The Morgan fingerprint density at radius 1 is 1.40 bits per heavy atom. The molecule has 1 aliphatic heterocycles.